The highest BCUT2D eigenvalue weighted by Gasteiger charge is 2.11. The molecule has 0 fully saturated rings. The Balaban J connectivity index is 2.27. The normalized spacial score (nSPS) is 11.8. The summed E-state index contributed by atoms with van der Waals surface area (Å²) in [7, 11) is 0. The van der Waals surface area contributed by atoms with Crippen LogP contribution in [0.5, 0.6) is 0 Å². The Labute approximate surface area is 120 Å². The number of hydrogen-bond donors (Lipinski definition) is 1. The van der Waals surface area contributed by atoms with E-state index in [1.165, 1.54) is 5.56 Å². The van der Waals surface area contributed by atoms with Gasteiger partial charge in [-0.3, -0.25) is 4.90 Å². The fraction of sp³-hybridized carbons (Fsp3) is 0.600. The minimum Gasteiger partial charge on any atom is -0.311 e. The number of rotatable bonds is 7. The van der Waals surface area contributed by atoms with Crippen LogP contribution >= 0.6 is 15.9 Å². The largest absolute Gasteiger partial charge is 0.311 e. The lowest BCUT2D eigenvalue weighted by Crippen LogP contribution is -2.41. The molecule has 0 heterocycles. The maximum atomic E-state index is 3.50. The summed E-state index contributed by atoms with van der Waals surface area (Å²) in [6.07, 6.45) is 0. The molecule has 0 aromatic heterocycles. The lowest BCUT2D eigenvalue weighted by Gasteiger charge is -2.30. The zero-order valence-electron chi connectivity index (χ0n) is 11.9. The molecule has 3 heteroatoms. The molecule has 0 aliphatic carbocycles. The van der Waals surface area contributed by atoms with Gasteiger partial charge in [0, 0.05) is 36.2 Å². The van der Waals surface area contributed by atoms with Crippen LogP contribution in [0.3, 0.4) is 0 Å². The molecule has 18 heavy (non-hydrogen) atoms. The summed E-state index contributed by atoms with van der Waals surface area (Å²) in [5, 5.41) is 3.50. The second-order valence-corrected chi connectivity index (χ2v) is 6.14. The molecule has 0 aliphatic rings. The summed E-state index contributed by atoms with van der Waals surface area (Å²) >= 11 is 3.45. The van der Waals surface area contributed by atoms with Gasteiger partial charge >= 0.3 is 0 Å². The van der Waals surface area contributed by atoms with Gasteiger partial charge in [-0.1, -0.05) is 28.1 Å². The van der Waals surface area contributed by atoms with Crippen molar-refractivity contribution in [3.8, 4) is 0 Å². The van der Waals surface area contributed by atoms with E-state index >= 15 is 0 Å². The molecule has 0 unspecified atom stereocenters. The van der Waals surface area contributed by atoms with E-state index < -0.39 is 0 Å². The van der Waals surface area contributed by atoms with Gasteiger partial charge in [0.2, 0.25) is 0 Å². The van der Waals surface area contributed by atoms with Crippen LogP contribution in [0.15, 0.2) is 28.7 Å². The van der Waals surface area contributed by atoms with Gasteiger partial charge in [0.15, 0.2) is 0 Å². The van der Waals surface area contributed by atoms with Crippen molar-refractivity contribution in [2.45, 2.75) is 46.3 Å². The quantitative estimate of drug-likeness (QED) is 0.773. The van der Waals surface area contributed by atoms with Crippen LogP contribution < -0.4 is 5.32 Å². The molecule has 1 aromatic rings. The molecule has 0 bridgehead atoms. The first-order chi connectivity index (χ1) is 8.50. The second-order valence-electron chi connectivity index (χ2n) is 5.23. The van der Waals surface area contributed by atoms with Gasteiger partial charge in [-0.05, 0) is 45.4 Å². The number of nitrogens with one attached hydrogen (secondary N) is 1. The Morgan fingerprint density at radius 1 is 1.06 bits per heavy atom. The first-order valence-electron chi connectivity index (χ1n) is 6.71. The van der Waals surface area contributed by atoms with E-state index in [1.54, 1.807) is 0 Å². The van der Waals surface area contributed by atoms with Crippen molar-refractivity contribution < 1.29 is 0 Å². The zero-order valence-corrected chi connectivity index (χ0v) is 13.5. The molecule has 1 N–H and O–H groups in total. The lowest BCUT2D eigenvalue weighted by molar-refractivity contribution is 0.176. The van der Waals surface area contributed by atoms with Gasteiger partial charge in [0.25, 0.3) is 0 Å². The molecule has 0 saturated heterocycles. The van der Waals surface area contributed by atoms with E-state index in [9.17, 15) is 0 Å². The summed E-state index contributed by atoms with van der Waals surface area (Å²) in [6.45, 7) is 12.1. The van der Waals surface area contributed by atoms with Crippen molar-refractivity contribution in [2.24, 2.45) is 0 Å². The fourth-order valence-corrected chi connectivity index (χ4v) is 2.42. The molecule has 1 rings (SSSR count). The lowest BCUT2D eigenvalue weighted by atomic mass is 10.2. The molecule has 0 aliphatic heterocycles. The monoisotopic (exact) mass is 312 g/mol. The van der Waals surface area contributed by atoms with Crippen LogP contribution in [-0.4, -0.2) is 30.1 Å². The van der Waals surface area contributed by atoms with Gasteiger partial charge in [-0.2, -0.15) is 0 Å². The molecule has 0 radical (unpaired) electrons. The standard InChI is InChI=1S/C15H25BrN2/c1-12(2)18(13(3)4)10-9-17-11-14-5-7-15(16)8-6-14/h5-8,12-13,17H,9-11H2,1-4H3. The number of halogens is 1. The molecule has 1 aromatic carbocycles. The second kappa shape index (κ2) is 7.93. The van der Waals surface area contributed by atoms with Gasteiger partial charge < -0.3 is 5.32 Å². The summed E-state index contributed by atoms with van der Waals surface area (Å²) in [5.74, 6) is 0. The number of hydrogen-bond acceptors (Lipinski definition) is 2. The Bertz CT molecular complexity index is 325. The van der Waals surface area contributed by atoms with Crippen molar-refractivity contribution in [1.82, 2.24) is 10.2 Å². The Morgan fingerprint density at radius 2 is 1.61 bits per heavy atom. The first kappa shape index (κ1) is 15.7. The highest BCUT2D eigenvalue weighted by molar-refractivity contribution is 9.10. The van der Waals surface area contributed by atoms with Crippen molar-refractivity contribution in [2.75, 3.05) is 13.1 Å². The molecule has 0 amide bonds. The van der Waals surface area contributed by atoms with Gasteiger partial charge in [-0.25, -0.2) is 0 Å². The van der Waals surface area contributed by atoms with Crippen LogP contribution in [-0.2, 0) is 6.54 Å². The van der Waals surface area contributed by atoms with Gasteiger partial charge in [0.1, 0.15) is 0 Å². The van der Waals surface area contributed by atoms with Gasteiger partial charge in [0.05, 0.1) is 0 Å². The van der Waals surface area contributed by atoms with Crippen molar-refractivity contribution >= 4 is 15.9 Å². The average Bonchev–Trinajstić information content (AvgIpc) is 2.30. The SMILES string of the molecule is CC(C)N(CCNCc1ccc(Br)cc1)C(C)C. The first-order valence-corrected chi connectivity index (χ1v) is 7.51. The molecular weight excluding hydrogens is 288 g/mol. The maximum absolute atomic E-state index is 3.50. The number of nitrogens with zero attached hydrogens (tertiary/aromatic N) is 1. The van der Waals surface area contributed by atoms with Crippen LogP contribution in [0, 0.1) is 0 Å². The molecule has 0 spiro atoms. The predicted octanol–water partition coefficient (Wildman–Crippen LogP) is 3.66. The van der Waals surface area contributed by atoms with E-state index in [0.29, 0.717) is 12.1 Å². The maximum Gasteiger partial charge on any atom is 0.0206 e. The Kier molecular flexibility index (Phi) is 6.90. The van der Waals surface area contributed by atoms with E-state index in [1.807, 2.05) is 0 Å². The highest BCUT2D eigenvalue weighted by Crippen LogP contribution is 2.10. The Hall–Kier alpha value is -0.380. The van der Waals surface area contributed by atoms with E-state index in [0.717, 1.165) is 24.1 Å². The molecule has 0 atom stereocenters. The van der Waals surface area contributed by atoms with E-state index in [4.69, 9.17) is 0 Å². The molecular formula is C15H25BrN2. The molecule has 0 saturated carbocycles. The van der Waals surface area contributed by atoms with Crippen molar-refractivity contribution in [3.05, 3.63) is 34.3 Å². The minimum absolute atomic E-state index is 0.611. The third kappa shape index (κ3) is 5.51. The summed E-state index contributed by atoms with van der Waals surface area (Å²) < 4.78 is 1.14. The van der Waals surface area contributed by atoms with Crippen LogP contribution in [0.4, 0.5) is 0 Å². The summed E-state index contributed by atoms with van der Waals surface area (Å²) in [6, 6.07) is 9.70. The highest BCUT2D eigenvalue weighted by atomic mass is 79.9. The summed E-state index contributed by atoms with van der Waals surface area (Å²) in [5.41, 5.74) is 1.33. The fourth-order valence-electron chi connectivity index (χ4n) is 2.16. The predicted molar refractivity (Wildman–Crippen MR) is 82.8 cm³/mol. The smallest absolute Gasteiger partial charge is 0.0206 e. The summed E-state index contributed by atoms with van der Waals surface area (Å²) in [4.78, 5) is 2.51. The topological polar surface area (TPSA) is 15.3 Å². The Morgan fingerprint density at radius 3 is 2.11 bits per heavy atom. The van der Waals surface area contributed by atoms with Crippen LogP contribution in [0.2, 0.25) is 0 Å². The zero-order chi connectivity index (χ0) is 13.5. The van der Waals surface area contributed by atoms with E-state index in [-0.39, 0.29) is 0 Å². The van der Waals surface area contributed by atoms with Crippen molar-refractivity contribution in [3.63, 3.8) is 0 Å². The van der Waals surface area contributed by atoms with Crippen molar-refractivity contribution in [1.29, 1.82) is 0 Å². The number of benzene rings is 1. The van der Waals surface area contributed by atoms with Crippen LogP contribution in [0.1, 0.15) is 33.3 Å². The third-order valence-electron chi connectivity index (χ3n) is 3.12. The molecule has 102 valence electrons. The van der Waals surface area contributed by atoms with Gasteiger partial charge in [-0.15, -0.1) is 0 Å². The minimum atomic E-state index is 0.611. The molecule has 2 nitrogen and oxygen atoms in total. The van der Waals surface area contributed by atoms with E-state index in [2.05, 4.69) is 78.1 Å². The van der Waals surface area contributed by atoms with Crippen LogP contribution in [0.25, 0.3) is 0 Å². The third-order valence-corrected chi connectivity index (χ3v) is 3.64. The average molecular weight is 313 g/mol.